The number of ether oxygens (including phenoxy) is 1. The van der Waals surface area contributed by atoms with Gasteiger partial charge in [-0.25, -0.2) is 0 Å². The van der Waals surface area contributed by atoms with Crippen molar-refractivity contribution in [1.82, 2.24) is 15.5 Å². The van der Waals surface area contributed by atoms with Gasteiger partial charge < -0.3 is 20.3 Å². The summed E-state index contributed by atoms with van der Waals surface area (Å²) in [5.41, 5.74) is 4.15. The molecule has 0 heterocycles. The number of halogens is 3. The van der Waals surface area contributed by atoms with Crippen LogP contribution in [0.2, 0.25) is 0 Å². The highest BCUT2D eigenvalue weighted by Gasteiger charge is 2.27. The van der Waals surface area contributed by atoms with E-state index in [0.717, 1.165) is 12.1 Å². The van der Waals surface area contributed by atoms with E-state index in [1.54, 1.807) is 19.2 Å². The second-order valence-corrected chi connectivity index (χ2v) is 7.21. The van der Waals surface area contributed by atoms with Crippen LogP contribution in [0.1, 0.15) is 22.3 Å². The molecule has 2 aromatic rings. The predicted molar refractivity (Wildman–Crippen MR) is 113 cm³/mol. The molecule has 0 aliphatic heterocycles. The molecule has 0 aromatic heterocycles. The van der Waals surface area contributed by atoms with Crippen LogP contribution in [0, 0.1) is 0 Å². The van der Waals surface area contributed by atoms with Crippen LogP contribution in [0.3, 0.4) is 0 Å². The van der Waals surface area contributed by atoms with Crippen LogP contribution >= 0.6 is 0 Å². The molecule has 164 valence electrons. The first kappa shape index (κ1) is 23.7. The van der Waals surface area contributed by atoms with Crippen LogP contribution in [-0.4, -0.2) is 44.8 Å². The summed E-state index contributed by atoms with van der Waals surface area (Å²) in [6, 6.07) is 15.5. The molecule has 0 radical (unpaired) electrons. The third kappa shape index (κ3) is 8.84. The monoisotopic (exact) mass is 422 g/mol. The predicted octanol–water partition coefficient (Wildman–Crippen LogP) is 3.69. The molecule has 0 fully saturated rings. The molecule has 30 heavy (non-hydrogen) atoms. The van der Waals surface area contributed by atoms with Crippen LogP contribution in [0.5, 0.6) is 0 Å². The Labute approximate surface area is 176 Å². The van der Waals surface area contributed by atoms with E-state index < -0.39 is 12.8 Å². The van der Waals surface area contributed by atoms with Crippen molar-refractivity contribution in [3.8, 4) is 0 Å². The summed E-state index contributed by atoms with van der Waals surface area (Å²) in [7, 11) is 5.79. The summed E-state index contributed by atoms with van der Waals surface area (Å²) >= 11 is 0. The van der Waals surface area contributed by atoms with E-state index in [1.165, 1.54) is 11.1 Å². The van der Waals surface area contributed by atoms with Gasteiger partial charge in [-0.05, 0) is 36.3 Å². The van der Waals surface area contributed by atoms with Gasteiger partial charge >= 0.3 is 6.18 Å². The molecule has 0 bridgehead atoms. The molecule has 0 spiro atoms. The van der Waals surface area contributed by atoms with Crippen LogP contribution in [0.25, 0.3) is 0 Å². The third-order valence-electron chi connectivity index (χ3n) is 4.29. The lowest BCUT2D eigenvalue weighted by molar-refractivity contribution is -0.176. The first-order valence-corrected chi connectivity index (χ1v) is 9.65. The molecule has 2 N–H and O–H groups in total. The average molecular weight is 422 g/mol. The summed E-state index contributed by atoms with van der Waals surface area (Å²) in [4.78, 5) is 6.38. The van der Waals surface area contributed by atoms with E-state index in [2.05, 4.69) is 37.4 Å². The maximum atomic E-state index is 12.1. The summed E-state index contributed by atoms with van der Waals surface area (Å²) in [5.74, 6) is 0.673. The highest BCUT2D eigenvalue weighted by molar-refractivity contribution is 5.79. The summed E-state index contributed by atoms with van der Waals surface area (Å²) in [6.45, 7) is 0.754. The SMILES string of the molecule is CN=C(NCc1ccc(COCC(F)(F)F)cc1)NCc1ccccc1CN(C)C. The van der Waals surface area contributed by atoms with Crippen molar-refractivity contribution in [1.29, 1.82) is 0 Å². The normalized spacial score (nSPS) is 12.3. The van der Waals surface area contributed by atoms with Crippen molar-refractivity contribution < 1.29 is 17.9 Å². The number of aliphatic imine (C=N–C) groups is 1. The fourth-order valence-corrected chi connectivity index (χ4v) is 2.85. The van der Waals surface area contributed by atoms with E-state index in [4.69, 9.17) is 0 Å². The van der Waals surface area contributed by atoms with Crippen LogP contribution in [0.4, 0.5) is 13.2 Å². The van der Waals surface area contributed by atoms with Gasteiger partial charge in [0.15, 0.2) is 5.96 Å². The lowest BCUT2D eigenvalue weighted by atomic mass is 10.1. The number of nitrogens with one attached hydrogen (secondary N) is 2. The maximum absolute atomic E-state index is 12.1. The highest BCUT2D eigenvalue weighted by Crippen LogP contribution is 2.16. The zero-order valence-corrected chi connectivity index (χ0v) is 17.6. The van der Waals surface area contributed by atoms with E-state index in [1.807, 2.05) is 38.4 Å². The Kier molecular flexibility index (Phi) is 9.14. The fraction of sp³-hybridized carbons (Fsp3) is 0.409. The largest absolute Gasteiger partial charge is 0.411 e. The lowest BCUT2D eigenvalue weighted by Gasteiger charge is -2.16. The summed E-state index contributed by atoms with van der Waals surface area (Å²) in [6.07, 6.45) is -4.31. The van der Waals surface area contributed by atoms with E-state index >= 15 is 0 Å². The average Bonchev–Trinajstić information content (AvgIpc) is 2.69. The van der Waals surface area contributed by atoms with Crippen molar-refractivity contribution in [2.45, 2.75) is 32.4 Å². The van der Waals surface area contributed by atoms with Gasteiger partial charge in [0, 0.05) is 26.7 Å². The molecular weight excluding hydrogens is 393 g/mol. The van der Waals surface area contributed by atoms with E-state index in [0.29, 0.717) is 24.6 Å². The molecule has 0 aliphatic rings. The molecule has 5 nitrogen and oxygen atoms in total. The molecule has 0 aliphatic carbocycles. The minimum absolute atomic E-state index is 0.0667. The maximum Gasteiger partial charge on any atom is 0.411 e. The van der Waals surface area contributed by atoms with Crippen molar-refractivity contribution >= 4 is 5.96 Å². The smallest absolute Gasteiger partial charge is 0.367 e. The molecule has 0 saturated carbocycles. The highest BCUT2D eigenvalue weighted by atomic mass is 19.4. The van der Waals surface area contributed by atoms with Crippen molar-refractivity contribution in [3.63, 3.8) is 0 Å². The van der Waals surface area contributed by atoms with Gasteiger partial charge in [-0.2, -0.15) is 13.2 Å². The van der Waals surface area contributed by atoms with Gasteiger partial charge in [0.05, 0.1) is 6.61 Å². The summed E-state index contributed by atoms with van der Waals surface area (Å²) in [5, 5.41) is 6.56. The molecule has 2 aromatic carbocycles. The number of guanidine groups is 1. The van der Waals surface area contributed by atoms with Gasteiger partial charge in [-0.15, -0.1) is 0 Å². The first-order chi connectivity index (χ1) is 14.3. The Morgan fingerprint density at radius 3 is 2.13 bits per heavy atom. The van der Waals surface area contributed by atoms with Gasteiger partial charge in [0.2, 0.25) is 0 Å². The molecule has 2 rings (SSSR count). The molecule has 0 unspecified atom stereocenters. The Morgan fingerprint density at radius 1 is 0.933 bits per heavy atom. The van der Waals surface area contributed by atoms with Crippen molar-refractivity contribution in [2.75, 3.05) is 27.7 Å². The third-order valence-corrected chi connectivity index (χ3v) is 4.29. The number of benzene rings is 2. The molecule has 8 heteroatoms. The number of hydrogen-bond acceptors (Lipinski definition) is 3. The molecular formula is C22H29F3N4O. The zero-order valence-electron chi connectivity index (χ0n) is 17.6. The second kappa shape index (κ2) is 11.6. The van der Waals surface area contributed by atoms with Gasteiger partial charge in [0.1, 0.15) is 6.61 Å². The molecule has 0 atom stereocenters. The fourth-order valence-electron chi connectivity index (χ4n) is 2.85. The zero-order chi connectivity index (χ0) is 22.0. The Hall–Kier alpha value is -2.58. The second-order valence-electron chi connectivity index (χ2n) is 7.21. The van der Waals surface area contributed by atoms with Crippen molar-refractivity contribution in [3.05, 3.63) is 70.8 Å². The number of alkyl halides is 3. The Morgan fingerprint density at radius 2 is 1.53 bits per heavy atom. The van der Waals surface area contributed by atoms with E-state index in [9.17, 15) is 13.2 Å². The standard InChI is InChI=1S/C22H29F3N4O/c1-26-21(28-13-19-6-4-5-7-20(19)14-29(2)3)27-12-17-8-10-18(11-9-17)15-30-16-22(23,24)25/h4-11H,12-16H2,1-3H3,(H2,26,27,28). The minimum Gasteiger partial charge on any atom is -0.367 e. The quantitative estimate of drug-likeness (QED) is 0.478. The van der Waals surface area contributed by atoms with Gasteiger partial charge in [0.25, 0.3) is 0 Å². The molecule has 0 saturated heterocycles. The van der Waals surface area contributed by atoms with Crippen LogP contribution in [0.15, 0.2) is 53.5 Å². The van der Waals surface area contributed by atoms with Crippen LogP contribution < -0.4 is 10.6 Å². The van der Waals surface area contributed by atoms with Gasteiger partial charge in [-0.1, -0.05) is 48.5 Å². The van der Waals surface area contributed by atoms with Crippen molar-refractivity contribution in [2.24, 2.45) is 4.99 Å². The summed E-state index contributed by atoms with van der Waals surface area (Å²) < 4.78 is 41.1. The van der Waals surface area contributed by atoms with E-state index in [-0.39, 0.29) is 6.61 Å². The van der Waals surface area contributed by atoms with Gasteiger partial charge in [-0.3, -0.25) is 4.99 Å². The number of rotatable bonds is 9. The first-order valence-electron chi connectivity index (χ1n) is 9.65. The molecule has 0 amide bonds. The number of hydrogen-bond donors (Lipinski definition) is 2. The lowest BCUT2D eigenvalue weighted by Crippen LogP contribution is -2.36. The Balaban J connectivity index is 1.82. The topological polar surface area (TPSA) is 48.9 Å². The minimum atomic E-state index is -4.31. The number of nitrogens with zero attached hydrogens (tertiary/aromatic N) is 2. The Bertz CT molecular complexity index is 805. The van der Waals surface area contributed by atoms with Crippen LogP contribution in [-0.2, 0) is 31.0 Å².